The molecule has 1 heterocycles. The van der Waals surface area contributed by atoms with E-state index in [1.807, 2.05) is 0 Å². The van der Waals surface area contributed by atoms with Crippen LogP contribution in [0.5, 0.6) is 5.75 Å². The molecule has 1 saturated heterocycles. The number of carbonyl (C=O) groups excluding carboxylic acids is 1. The lowest BCUT2D eigenvalue weighted by molar-refractivity contribution is 0.0665. The van der Waals surface area contributed by atoms with Gasteiger partial charge in [-0.15, -0.1) is 0 Å². The molecule has 0 saturated carbocycles. The Morgan fingerprint density at radius 3 is 3.00 bits per heavy atom. The molecular formula is C12H14FNO3. The van der Waals surface area contributed by atoms with Crippen LogP contribution in [-0.4, -0.2) is 25.2 Å². The van der Waals surface area contributed by atoms with E-state index in [-0.39, 0.29) is 17.4 Å². The average molecular weight is 239 g/mol. The van der Waals surface area contributed by atoms with Crippen LogP contribution in [0.25, 0.3) is 0 Å². The molecule has 1 aromatic carbocycles. The molecule has 0 unspecified atom stereocenters. The Bertz CT molecular complexity index is 416. The summed E-state index contributed by atoms with van der Waals surface area (Å²) in [7, 11) is 0. The summed E-state index contributed by atoms with van der Waals surface area (Å²) in [6.07, 6.45) is 1.98. The highest BCUT2D eigenvalue weighted by molar-refractivity contribution is 5.92. The van der Waals surface area contributed by atoms with Gasteiger partial charge in [0.2, 0.25) is 5.91 Å². The lowest BCUT2D eigenvalue weighted by Crippen LogP contribution is -2.17. The molecule has 1 atom stereocenters. The van der Waals surface area contributed by atoms with Crippen LogP contribution in [0, 0.1) is 5.82 Å². The first-order valence-corrected chi connectivity index (χ1v) is 5.50. The Hall–Kier alpha value is -1.62. The topological polar surface area (TPSA) is 61.6 Å². The number of primary amides is 1. The van der Waals surface area contributed by atoms with Crippen molar-refractivity contribution < 1.29 is 18.7 Å². The maximum atomic E-state index is 13.5. The number of hydrogen-bond donors (Lipinski definition) is 1. The van der Waals surface area contributed by atoms with E-state index in [0.29, 0.717) is 6.61 Å². The summed E-state index contributed by atoms with van der Waals surface area (Å²) in [4.78, 5) is 10.8. The Morgan fingerprint density at radius 1 is 1.59 bits per heavy atom. The molecule has 92 valence electrons. The van der Waals surface area contributed by atoms with Gasteiger partial charge in [0.25, 0.3) is 0 Å². The summed E-state index contributed by atoms with van der Waals surface area (Å²) < 4.78 is 24.2. The lowest BCUT2D eigenvalue weighted by Gasteiger charge is -2.12. The fraction of sp³-hybridized carbons (Fsp3) is 0.417. The molecule has 1 aliphatic rings. The second-order valence-electron chi connectivity index (χ2n) is 3.96. The first kappa shape index (κ1) is 11.9. The first-order chi connectivity index (χ1) is 8.16. The maximum absolute atomic E-state index is 13.5. The second-order valence-corrected chi connectivity index (χ2v) is 3.96. The Labute approximate surface area is 98.5 Å². The number of halogens is 1. The van der Waals surface area contributed by atoms with Crippen molar-refractivity contribution in [2.45, 2.75) is 18.9 Å². The molecule has 1 aliphatic heterocycles. The molecule has 0 bridgehead atoms. The van der Waals surface area contributed by atoms with Crippen molar-refractivity contribution in [2.75, 3.05) is 13.2 Å². The zero-order valence-corrected chi connectivity index (χ0v) is 9.32. The molecule has 0 radical (unpaired) electrons. The van der Waals surface area contributed by atoms with Gasteiger partial charge in [0.15, 0.2) is 11.6 Å². The SMILES string of the molecule is NC(=O)c1ccc(OC[C@H]2CCCO2)c(F)c1. The minimum Gasteiger partial charge on any atom is -0.488 e. The van der Waals surface area contributed by atoms with E-state index in [9.17, 15) is 9.18 Å². The molecule has 5 heteroatoms. The Kier molecular flexibility index (Phi) is 3.58. The van der Waals surface area contributed by atoms with Gasteiger partial charge in [-0.25, -0.2) is 4.39 Å². The Morgan fingerprint density at radius 2 is 2.41 bits per heavy atom. The first-order valence-electron chi connectivity index (χ1n) is 5.50. The Balaban J connectivity index is 1.98. The standard InChI is InChI=1S/C12H14FNO3/c13-10-6-8(12(14)15)3-4-11(10)17-7-9-2-1-5-16-9/h3-4,6,9H,1-2,5,7H2,(H2,14,15)/t9-/m1/s1. The molecular weight excluding hydrogens is 225 g/mol. The van der Waals surface area contributed by atoms with Crippen LogP contribution in [-0.2, 0) is 4.74 Å². The van der Waals surface area contributed by atoms with Gasteiger partial charge in [-0.3, -0.25) is 4.79 Å². The van der Waals surface area contributed by atoms with Gasteiger partial charge >= 0.3 is 0 Å². The van der Waals surface area contributed by atoms with Crippen molar-refractivity contribution >= 4 is 5.91 Å². The van der Waals surface area contributed by atoms with Crippen molar-refractivity contribution in [3.63, 3.8) is 0 Å². The average Bonchev–Trinajstić information content (AvgIpc) is 2.80. The maximum Gasteiger partial charge on any atom is 0.248 e. The molecule has 1 aromatic rings. The van der Waals surface area contributed by atoms with E-state index in [2.05, 4.69) is 0 Å². The molecule has 1 fully saturated rings. The fourth-order valence-electron chi connectivity index (χ4n) is 1.73. The molecule has 4 nitrogen and oxygen atoms in total. The molecule has 2 rings (SSSR count). The van der Waals surface area contributed by atoms with Gasteiger partial charge in [-0.05, 0) is 31.0 Å². The van der Waals surface area contributed by atoms with Crippen molar-refractivity contribution in [2.24, 2.45) is 5.73 Å². The molecule has 1 amide bonds. The normalized spacial score (nSPS) is 19.2. The molecule has 2 N–H and O–H groups in total. The van der Waals surface area contributed by atoms with Crippen LogP contribution < -0.4 is 10.5 Å². The van der Waals surface area contributed by atoms with Crippen molar-refractivity contribution in [1.82, 2.24) is 0 Å². The third-order valence-electron chi connectivity index (χ3n) is 2.67. The van der Waals surface area contributed by atoms with E-state index < -0.39 is 11.7 Å². The third-order valence-corrected chi connectivity index (χ3v) is 2.67. The van der Waals surface area contributed by atoms with Crippen LogP contribution >= 0.6 is 0 Å². The number of carbonyl (C=O) groups is 1. The predicted molar refractivity (Wildman–Crippen MR) is 59.4 cm³/mol. The summed E-state index contributed by atoms with van der Waals surface area (Å²) in [5.74, 6) is -1.13. The number of rotatable bonds is 4. The van der Waals surface area contributed by atoms with Gasteiger partial charge in [-0.1, -0.05) is 0 Å². The van der Waals surface area contributed by atoms with E-state index in [0.717, 1.165) is 25.5 Å². The zero-order chi connectivity index (χ0) is 12.3. The quantitative estimate of drug-likeness (QED) is 0.865. The van der Waals surface area contributed by atoms with Gasteiger partial charge in [0.1, 0.15) is 6.61 Å². The summed E-state index contributed by atoms with van der Waals surface area (Å²) in [6.45, 7) is 1.06. The van der Waals surface area contributed by atoms with Gasteiger partial charge < -0.3 is 15.2 Å². The minimum absolute atomic E-state index is 0.0326. The van der Waals surface area contributed by atoms with Crippen LogP contribution in [0.2, 0.25) is 0 Å². The minimum atomic E-state index is -0.658. The fourth-order valence-corrected chi connectivity index (χ4v) is 1.73. The van der Waals surface area contributed by atoms with Crippen molar-refractivity contribution in [3.05, 3.63) is 29.6 Å². The van der Waals surface area contributed by atoms with Gasteiger partial charge in [-0.2, -0.15) is 0 Å². The van der Waals surface area contributed by atoms with E-state index >= 15 is 0 Å². The smallest absolute Gasteiger partial charge is 0.248 e. The van der Waals surface area contributed by atoms with E-state index in [1.165, 1.54) is 12.1 Å². The number of ether oxygens (including phenoxy) is 2. The highest BCUT2D eigenvalue weighted by atomic mass is 19.1. The number of nitrogens with two attached hydrogens (primary N) is 1. The zero-order valence-electron chi connectivity index (χ0n) is 9.32. The van der Waals surface area contributed by atoms with Gasteiger partial charge in [0, 0.05) is 12.2 Å². The lowest BCUT2D eigenvalue weighted by atomic mass is 10.2. The van der Waals surface area contributed by atoms with Crippen LogP contribution in [0.1, 0.15) is 23.2 Å². The van der Waals surface area contributed by atoms with E-state index in [1.54, 1.807) is 0 Å². The number of benzene rings is 1. The number of amides is 1. The monoisotopic (exact) mass is 239 g/mol. The van der Waals surface area contributed by atoms with Crippen LogP contribution in [0.4, 0.5) is 4.39 Å². The summed E-state index contributed by atoms with van der Waals surface area (Å²) in [5, 5.41) is 0. The third kappa shape index (κ3) is 2.94. The second kappa shape index (κ2) is 5.14. The molecule has 0 aromatic heterocycles. The molecule has 0 spiro atoms. The van der Waals surface area contributed by atoms with Crippen molar-refractivity contribution in [1.29, 1.82) is 0 Å². The van der Waals surface area contributed by atoms with E-state index in [4.69, 9.17) is 15.2 Å². The predicted octanol–water partition coefficient (Wildman–Crippen LogP) is 1.48. The molecule has 0 aliphatic carbocycles. The largest absolute Gasteiger partial charge is 0.488 e. The highest BCUT2D eigenvalue weighted by Gasteiger charge is 2.17. The molecule has 17 heavy (non-hydrogen) atoms. The highest BCUT2D eigenvalue weighted by Crippen LogP contribution is 2.20. The summed E-state index contributed by atoms with van der Waals surface area (Å²) >= 11 is 0. The van der Waals surface area contributed by atoms with Crippen molar-refractivity contribution in [3.8, 4) is 5.75 Å². The van der Waals surface area contributed by atoms with Crippen LogP contribution in [0.15, 0.2) is 18.2 Å². The summed E-state index contributed by atoms with van der Waals surface area (Å²) in [6, 6.07) is 3.92. The van der Waals surface area contributed by atoms with Gasteiger partial charge in [0.05, 0.1) is 6.10 Å². The van der Waals surface area contributed by atoms with Crippen LogP contribution in [0.3, 0.4) is 0 Å². The number of hydrogen-bond acceptors (Lipinski definition) is 3. The summed E-state index contributed by atoms with van der Waals surface area (Å²) in [5.41, 5.74) is 5.17.